The zero-order valence-electron chi connectivity index (χ0n) is 9.61. The van der Waals surface area contributed by atoms with Gasteiger partial charge in [0.05, 0.1) is 10.6 Å². The van der Waals surface area contributed by atoms with Crippen LogP contribution in [-0.4, -0.2) is 11.0 Å². The molecule has 1 unspecified atom stereocenters. The topological polar surface area (TPSA) is 24.9 Å². The van der Waals surface area contributed by atoms with E-state index in [2.05, 4.69) is 10.3 Å². The van der Waals surface area contributed by atoms with Crippen LogP contribution < -0.4 is 5.32 Å². The Hall–Kier alpha value is -0.970. The van der Waals surface area contributed by atoms with Crippen LogP contribution in [0.4, 0.5) is 19.0 Å². The first-order valence-corrected chi connectivity index (χ1v) is 5.71. The van der Waals surface area contributed by atoms with Crippen molar-refractivity contribution < 1.29 is 13.2 Å². The SMILES string of the molecule is CCCC(C)Nc1ncc(C(F)(F)F)cc1Cl. The number of halogens is 4. The highest BCUT2D eigenvalue weighted by Gasteiger charge is 2.31. The van der Waals surface area contributed by atoms with Gasteiger partial charge in [-0.2, -0.15) is 13.2 Å². The van der Waals surface area contributed by atoms with E-state index < -0.39 is 11.7 Å². The summed E-state index contributed by atoms with van der Waals surface area (Å²) >= 11 is 5.75. The summed E-state index contributed by atoms with van der Waals surface area (Å²) in [7, 11) is 0. The van der Waals surface area contributed by atoms with Crippen molar-refractivity contribution in [1.29, 1.82) is 0 Å². The molecule has 96 valence electrons. The Morgan fingerprint density at radius 2 is 2.12 bits per heavy atom. The fraction of sp³-hybridized carbons (Fsp3) is 0.545. The molecule has 17 heavy (non-hydrogen) atoms. The molecule has 1 N–H and O–H groups in total. The molecular formula is C11H14ClF3N2. The van der Waals surface area contributed by atoms with E-state index in [1.165, 1.54) is 0 Å². The highest BCUT2D eigenvalue weighted by Crippen LogP contribution is 2.32. The molecule has 0 aliphatic rings. The summed E-state index contributed by atoms with van der Waals surface area (Å²) in [6.45, 7) is 3.96. The van der Waals surface area contributed by atoms with Crippen molar-refractivity contribution in [2.45, 2.75) is 38.9 Å². The van der Waals surface area contributed by atoms with Crippen molar-refractivity contribution in [2.24, 2.45) is 0 Å². The molecule has 1 heterocycles. The molecule has 1 rings (SSSR count). The summed E-state index contributed by atoms with van der Waals surface area (Å²) in [6, 6.07) is 1.01. The predicted octanol–water partition coefficient (Wildman–Crippen LogP) is 4.35. The van der Waals surface area contributed by atoms with Crippen molar-refractivity contribution in [2.75, 3.05) is 5.32 Å². The number of nitrogens with zero attached hydrogens (tertiary/aromatic N) is 1. The summed E-state index contributed by atoms with van der Waals surface area (Å²) in [5.41, 5.74) is -0.837. The Morgan fingerprint density at radius 1 is 1.47 bits per heavy atom. The third-order valence-electron chi connectivity index (χ3n) is 2.27. The summed E-state index contributed by atoms with van der Waals surface area (Å²) < 4.78 is 37.1. The zero-order valence-corrected chi connectivity index (χ0v) is 10.4. The number of rotatable bonds is 4. The molecule has 1 atom stereocenters. The Kier molecular flexibility index (Phi) is 4.62. The van der Waals surface area contributed by atoms with E-state index in [1.807, 2.05) is 13.8 Å². The Labute approximate surface area is 103 Å². The van der Waals surface area contributed by atoms with Crippen molar-refractivity contribution >= 4 is 17.4 Å². The van der Waals surface area contributed by atoms with Crippen LogP contribution in [0.25, 0.3) is 0 Å². The molecule has 1 aromatic rings. The van der Waals surface area contributed by atoms with Gasteiger partial charge in [0.2, 0.25) is 0 Å². The largest absolute Gasteiger partial charge is 0.417 e. The minimum Gasteiger partial charge on any atom is -0.366 e. The van der Waals surface area contributed by atoms with Crippen LogP contribution in [0.15, 0.2) is 12.3 Å². The van der Waals surface area contributed by atoms with E-state index in [-0.39, 0.29) is 11.1 Å². The lowest BCUT2D eigenvalue weighted by Gasteiger charge is -2.15. The molecule has 0 saturated carbocycles. The molecule has 0 fully saturated rings. The van der Waals surface area contributed by atoms with E-state index >= 15 is 0 Å². The number of hydrogen-bond donors (Lipinski definition) is 1. The van der Waals surface area contributed by atoms with Crippen molar-refractivity contribution in [3.63, 3.8) is 0 Å². The van der Waals surface area contributed by atoms with Crippen LogP contribution in [0.5, 0.6) is 0 Å². The molecule has 0 amide bonds. The molecule has 0 aliphatic carbocycles. The van der Waals surface area contributed by atoms with E-state index in [0.29, 0.717) is 5.82 Å². The van der Waals surface area contributed by atoms with Crippen LogP contribution in [-0.2, 0) is 6.18 Å². The van der Waals surface area contributed by atoms with Gasteiger partial charge in [-0.1, -0.05) is 24.9 Å². The third-order valence-corrected chi connectivity index (χ3v) is 2.56. The zero-order chi connectivity index (χ0) is 13.1. The number of aromatic nitrogens is 1. The molecule has 0 saturated heterocycles. The number of nitrogens with one attached hydrogen (secondary N) is 1. The van der Waals surface area contributed by atoms with E-state index in [9.17, 15) is 13.2 Å². The number of hydrogen-bond acceptors (Lipinski definition) is 2. The first-order chi connectivity index (χ1) is 7.84. The Morgan fingerprint density at radius 3 is 2.59 bits per heavy atom. The van der Waals surface area contributed by atoms with Gasteiger partial charge in [-0.25, -0.2) is 4.98 Å². The first kappa shape index (κ1) is 14.1. The van der Waals surface area contributed by atoms with Gasteiger partial charge in [-0.15, -0.1) is 0 Å². The van der Waals surface area contributed by atoms with E-state index in [0.717, 1.165) is 25.1 Å². The highest BCUT2D eigenvalue weighted by atomic mass is 35.5. The second-order valence-electron chi connectivity index (χ2n) is 3.89. The quantitative estimate of drug-likeness (QED) is 0.876. The molecule has 1 aromatic heterocycles. The van der Waals surface area contributed by atoms with E-state index in [4.69, 9.17) is 11.6 Å². The second-order valence-corrected chi connectivity index (χ2v) is 4.29. The summed E-state index contributed by atoms with van der Waals surface area (Å²) in [4.78, 5) is 3.70. The Bertz CT molecular complexity index is 379. The highest BCUT2D eigenvalue weighted by molar-refractivity contribution is 6.32. The third kappa shape index (κ3) is 4.07. The average Bonchev–Trinajstić information content (AvgIpc) is 2.20. The Balaban J connectivity index is 2.83. The van der Waals surface area contributed by atoms with Gasteiger partial charge in [0.25, 0.3) is 0 Å². The lowest BCUT2D eigenvalue weighted by atomic mass is 10.2. The molecule has 6 heteroatoms. The molecule has 0 spiro atoms. The van der Waals surface area contributed by atoms with Crippen LogP contribution in [0.2, 0.25) is 5.02 Å². The van der Waals surface area contributed by atoms with Crippen molar-refractivity contribution in [3.05, 3.63) is 22.8 Å². The molecule has 2 nitrogen and oxygen atoms in total. The summed E-state index contributed by atoms with van der Waals surface area (Å²) in [6.07, 6.45) is -1.75. The molecule has 0 aliphatic heterocycles. The van der Waals surface area contributed by atoms with Gasteiger partial charge in [0, 0.05) is 12.2 Å². The van der Waals surface area contributed by atoms with Gasteiger partial charge < -0.3 is 5.32 Å². The predicted molar refractivity (Wildman–Crippen MR) is 62.2 cm³/mol. The van der Waals surface area contributed by atoms with Crippen LogP contribution in [0, 0.1) is 0 Å². The van der Waals surface area contributed by atoms with Gasteiger partial charge in [0.15, 0.2) is 0 Å². The first-order valence-electron chi connectivity index (χ1n) is 5.34. The summed E-state index contributed by atoms with van der Waals surface area (Å²) in [5, 5.41) is 2.97. The van der Waals surface area contributed by atoms with Gasteiger partial charge >= 0.3 is 6.18 Å². The maximum absolute atomic E-state index is 12.4. The number of anilines is 1. The fourth-order valence-electron chi connectivity index (χ4n) is 1.44. The number of pyridine rings is 1. The molecule has 0 radical (unpaired) electrons. The second kappa shape index (κ2) is 5.58. The lowest BCUT2D eigenvalue weighted by Crippen LogP contribution is -2.16. The standard InChI is InChI=1S/C11H14ClF3N2/c1-3-4-7(2)17-10-9(12)5-8(6-16-10)11(13,14)15/h5-7H,3-4H2,1-2H3,(H,16,17). The molecular weight excluding hydrogens is 253 g/mol. The fourth-order valence-corrected chi connectivity index (χ4v) is 1.66. The van der Waals surface area contributed by atoms with Gasteiger partial charge in [-0.3, -0.25) is 0 Å². The van der Waals surface area contributed by atoms with Crippen LogP contribution >= 0.6 is 11.6 Å². The monoisotopic (exact) mass is 266 g/mol. The maximum atomic E-state index is 12.4. The lowest BCUT2D eigenvalue weighted by molar-refractivity contribution is -0.137. The van der Waals surface area contributed by atoms with Gasteiger partial charge in [-0.05, 0) is 19.4 Å². The number of alkyl halides is 3. The van der Waals surface area contributed by atoms with Gasteiger partial charge in [0.1, 0.15) is 5.82 Å². The summed E-state index contributed by atoms with van der Waals surface area (Å²) in [5.74, 6) is 0.292. The molecule has 0 aromatic carbocycles. The van der Waals surface area contributed by atoms with E-state index in [1.54, 1.807) is 0 Å². The van der Waals surface area contributed by atoms with Crippen molar-refractivity contribution in [3.8, 4) is 0 Å². The minimum absolute atomic E-state index is 0.0113. The van der Waals surface area contributed by atoms with Crippen LogP contribution in [0.3, 0.4) is 0 Å². The molecule has 0 bridgehead atoms. The maximum Gasteiger partial charge on any atom is 0.417 e. The normalized spacial score (nSPS) is 13.5. The minimum atomic E-state index is -4.41. The van der Waals surface area contributed by atoms with Crippen LogP contribution in [0.1, 0.15) is 32.3 Å². The average molecular weight is 267 g/mol. The smallest absolute Gasteiger partial charge is 0.366 e. The van der Waals surface area contributed by atoms with Crippen molar-refractivity contribution in [1.82, 2.24) is 4.98 Å².